The minimum Gasteiger partial charge on any atom is -0.462 e. The summed E-state index contributed by atoms with van der Waals surface area (Å²) in [5, 5.41) is 10.7. The second-order valence-electron chi connectivity index (χ2n) is 27.2. The van der Waals surface area contributed by atoms with Crippen LogP contribution >= 0.6 is 15.6 Å². The normalized spacial score (nSPS) is 14.7. The van der Waals surface area contributed by atoms with E-state index in [9.17, 15) is 43.2 Å². The summed E-state index contributed by atoms with van der Waals surface area (Å²) < 4.78 is 68.8. The Morgan fingerprint density at radius 3 is 0.691 bits per heavy atom. The fraction of sp³-hybridized carbons (Fsp3) is 0.626. The van der Waals surface area contributed by atoms with Gasteiger partial charge in [-0.15, -0.1) is 0 Å². The van der Waals surface area contributed by atoms with Crippen LogP contribution in [-0.2, 0) is 65.4 Å². The highest BCUT2D eigenvalue weighted by molar-refractivity contribution is 7.47. The number of carbonyl (C=O) groups excluding carboxylic acids is 4. The maximum absolute atomic E-state index is 13.1. The number of rotatable bonds is 77. The number of aliphatic hydroxyl groups is 1. The Morgan fingerprint density at radius 2 is 0.445 bits per heavy atom. The van der Waals surface area contributed by atoms with Gasteiger partial charge < -0.3 is 33.8 Å². The molecule has 0 aromatic heterocycles. The van der Waals surface area contributed by atoms with E-state index in [1.807, 2.05) is 0 Å². The smallest absolute Gasteiger partial charge is 0.462 e. The summed E-state index contributed by atoms with van der Waals surface area (Å²) in [5.41, 5.74) is 0. The number of aliphatic hydroxyl groups excluding tert-OH is 1. The first kappa shape index (κ1) is 104. The Kier molecular flexibility index (Phi) is 76.9. The number of ether oxygens (including phenoxy) is 4. The van der Waals surface area contributed by atoms with Crippen molar-refractivity contribution < 1.29 is 80.2 Å². The minimum absolute atomic E-state index is 0.0650. The van der Waals surface area contributed by atoms with Crippen molar-refractivity contribution in [3.8, 4) is 0 Å². The standard InChI is InChI=1S/C91H148O17P2/c1-5-9-13-17-21-25-29-33-37-40-42-45-48-51-55-59-63-67-71-75-88(93)101-81-86(107-90(95)77-73-69-65-61-57-53-47-36-32-28-24-20-16-12-8-4)83-105-109(97,98)103-79-85(92)80-104-110(99,100)106-84-87(108-91(96)78-74-70-66-62-58-54-50-44-39-35-31-27-23-19-15-11-7-3)82-102-89(94)76-72-68-64-60-56-52-49-46-43-41-38-34-30-26-22-18-14-10-6-2/h9-16,21-28,33-39,42-43,45-47,52,56,85-87,92H,5-8,17-20,29-32,40-41,44,48-51,53-55,57-84H2,1-4H3,(H,97,98)(H,99,100)/b13-9-,14-10-,15-11-,16-12-,25-21-,26-22-,27-23-,28-24-,37-33-,38-34-,39-35-,45-42-,46-43-,47-36-,56-52-. The topological polar surface area (TPSA) is 237 Å². The van der Waals surface area contributed by atoms with Crippen LogP contribution in [0, 0.1) is 0 Å². The van der Waals surface area contributed by atoms with Gasteiger partial charge in [0.15, 0.2) is 12.2 Å². The molecule has 0 spiro atoms. The fourth-order valence-electron chi connectivity index (χ4n) is 10.6. The highest BCUT2D eigenvalue weighted by atomic mass is 31.2. The molecule has 0 saturated heterocycles. The Labute approximate surface area is 666 Å². The van der Waals surface area contributed by atoms with Crippen molar-refractivity contribution in [2.75, 3.05) is 39.6 Å². The van der Waals surface area contributed by atoms with Crippen LogP contribution in [0.25, 0.3) is 0 Å². The van der Waals surface area contributed by atoms with E-state index in [1.54, 1.807) is 0 Å². The van der Waals surface area contributed by atoms with Crippen molar-refractivity contribution in [3.63, 3.8) is 0 Å². The van der Waals surface area contributed by atoms with Crippen molar-refractivity contribution in [3.05, 3.63) is 182 Å². The van der Waals surface area contributed by atoms with Gasteiger partial charge in [-0.25, -0.2) is 9.13 Å². The lowest BCUT2D eigenvalue weighted by Crippen LogP contribution is -2.30. The number of unbranched alkanes of at least 4 members (excludes halogenated alkanes) is 21. The molecule has 3 N–H and O–H groups in total. The van der Waals surface area contributed by atoms with Crippen LogP contribution in [0.2, 0.25) is 0 Å². The molecule has 0 aliphatic rings. The van der Waals surface area contributed by atoms with Gasteiger partial charge in [0.2, 0.25) is 0 Å². The van der Waals surface area contributed by atoms with Gasteiger partial charge in [-0.2, -0.15) is 0 Å². The van der Waals surface area contributed by atoms with Gasteiger partial charge in [-0.05, 0) is 173 Å². The van der Waals surface area contributed by atoms with E-state index in [2.05, 4.69) is 210 Å². The lowest BCUT2D eigenvalue weighted by atomic mass is 10.1. The fourth-order valence-corrected chi connectivity index (χ4v) is 12.2. The number of phosphoric acid groups is 2. The Balaban J connectivity index is 5.45. The summed E-state index contributed by atoms with van der Waals surface area (Å²) in [7, 11) is -10.0. The number of carbonyl (C=O) groups is 4. The summed E-state index contributed by atoms with van der Waals surface area (Å²) in [6.07, 6.45) is 98.5. The second-order valence-corrected chi connectivity index (χ2v) is 30.1. The molecule has 0 aliphatic heterocycles. The zero-order valence-corrected chi connectivity index (χ0v) is 70.1. The molecule has 0 radical (unpaired) electrons. The summed E-state index contributed by atoms with van der Waals surface area (Å²) in [5.74, 6) is -2.26. The zero-order valence-electron chi connectivity index (χ0n) is 68.4. The van der Waals surface area contributed by atoms with Crippen LogP contribution in [0.3, 0.4) is 0 Å². The number of hydrogen-bond donors (Lipinski definition) is 3. The van der Waals surface area contributed by atoms with E-state index in [0.717, 1.165) is 231 Å². The molecule has 0 aliphatic carbocycles. The first-order chi connectivity index (χ1) is 53.7. The Hall–Kier alpha value is -5.84. The molecule has 624 valence electrons. The number of allylic oxidation sites excluding steroid dienone is 30. The van der Waals surface area contributed by atoms with Crippen molar-refractivity contribution in [2.45, 2.75) is 329 Å². The molecule has 110 heavy (non-hydrogen) atoms. The van der Waals surface area contributed by atoms with Crippen molar-refractivity contribution in [1.29, 1.82) is 0 Å². The van der Waals surface area contributed by atoms with Crippen LogP contribution in [0.1, 0.15) is 310 Å². The average Bonchev–Trinajstić information content (AvgIpc) is 0.906. The molecule has 19 heteroatoms. The van der Waals surface area contributed by atoms with Crippen LogP contribution in [0.5, 0.6) is 0 Å². The first-order valence-corrected chi connectivity index (χ1v) is 45.0. The Bertz CT molecular complexity index is 2800. The molecule has 5 atom stereocenters. The third kappa shape index (κ3) is 80.2. The quantitative estimate of drug-likeness (QED) is 0.0169. The van der Waals surface area contributed by atoms with E-state index < -0.39 is 97.5 Å². The van der Waals surface area contributed by atoms with Crippen LogP contribution < -0.4 is 0 Å². The SMILES string of the molecule is CC/C=C\C/C=C\C/C=C\C/C=C\C/C=C\CCCCCC(=O)OCC(COP(=O)(O)OCC(O)COP(=O)(O)OCC(COC(=O)CCCCCCCC/C=C\C/C=C\C/C=C\C/C=C\CC)OC(=O)CCCCCCC/C=C\C/C=C\C/C=C\CC)OC(=O)CCCCCCCCC/C=C\C/C=C\C/C=C\CC. The van der Waals surface area contributed by atoms with E-state index in [0.29, 0.717) is 25.7 Å². The summed E-state index contributed by atoms with van der Waals surface area (Å²) in [6, 6.07) is 0. The summed E-state index contributed by atoms with van der Waals surface area (Å²) in [6.45, 7) is 4.35. The van der Waals surface area contributed by atoms with Crippen molar-refractivity contribution in [2.24, 2.45) is 0 Å². The van der Waals surface area contributed by atoms with Crippen molar-refractivity contribution >= 4 is 39.5 Å². The summed E-state index contributed by atoms with van der Waals surface area (Å²) in [4.78, 5) is 73.3. The predicted octanol–water partition coefficient (Wildman–Crippen LogP) is 25.1. The van der Waals surface area contributed by atoms with Crippen LogP contribution in [-0.4, -0.2) is 96.7 Å². The molecule has 0 bridgehead atoms. The highest BCUT2D eigenvalue weighted by Gasteiger charge is 2.30. The molecule has 0 aromatic carbocycles. The molecule has 5 unspecified atom stereocenters. The van der Waals surface area contributed by atoms with Gasteiger partial charge in [0.25, 0.3) is 0 Å². The average molecular weight is 1580 g/mol. The first-order valence-electron chi connectivity index (χ1n) is 42.0. The molecule has 17 nitrogen and oxygen atoms in total. The largest absolute Gasteiger partial charge is 0.472 e. The molecular weight excluding hydrogens is 1430 g/mol. The Morgan fingerprint density at radius 1 is 0.255 bits per heavy atom. The second kappa shape index (κ2) is 81.2. The number of hydrogen-bond acceptors (Lipinski definition) is 15. The minimum atomic E-state index is -5.00. The van der Waals surface area contributed by atoms with E-state index in [4.69, 9.17) is 37.0 Å². The third-order valence-corrected chi connectivity index (χ3v) is 18.8. The molecule has 0 amide bonds. The molecule has 0 rings (SSSR count). The lowest BCUT2D eigenvalue weighted by Gasteiger charge is -2.21. The molecule has 0 aromatic rings. The van der Waals surface area contributed by atoms with E-state index in [-0.39, 0.29) is 25.7 Å². The predicted molar refractivity (Wildman–Crippen MR) is 454 cm³/mol. The number of esters is 4. The maximum Gasteiger partial charge on any atom is 0.472 e. The third-order valence-electron chi connectivity index (χ3n) is 16.9. The molecule has 0 heterocycles. The molecular formula is C91H148O17P2. The van der Waals surface area contributed by atoms with Gasteiger partial charge in [-0.1, -0.05) is 293 Å². The van der Waals surface area contributed by atoms with Gasteiger partial charge in [-0.3, -0.25) is 37.3 Å². The lowest BCUT2D eigenvalue weighted by molar-refractivity contribution is -0.161. The van der Waals surface area contributed by atoms with Crippen LogP contribution in [0.4, 0.5) is 0 Å². The summed E-state index contributed by atoms with van der Waals surface area (Å²) >= 11 is 0. The molecule has 0 saturated carbocycles. The van der Waals surface area contributed by atoms with Crippen LogP contribution in [0.15, 0.2) is 182 Å². The van der Waals surface area contributed by atoms with Crippen molar-refractivity contribution in [1.82, 2.24) is 0 Å². The number of phosphoric ester groups is 2. The van der Waals surface area contributed by atoms with Gasteiger partial charge in [0.1, 0.15) is 19.3 Å². The highest BCUT2D eigenvalue weighted by Crippen LogP contribution is 2.45. The van der Waals surface area contributed by atoms with Gasteiger partial charge in [0.05, 0.1) is 26.4 Å². The van der Waals surface area contributed by atoms with Gasteiger partial charge >= 0.3 is 39.5 Å². The van der Waals surface area contributed by atoms with E-state index >= 15 is 0 Å². The zero-order chi connectivity index (χ0) is 80.3. The van der Waals surface area contributed by atoms with E-state index in [1.165, 1.54) is 0 Å². The van der Waals surface area contributed by atoms with Gasteiger partial charge in [0, 0.05) is 25.7 Å². The maximum atomic E-state index is 13.1. The monoisotopic (exact) mass is 1580 g/mol. The molecule has 0 fully saturated rings.